The van der Waals surface area contributed by atoms with E-state index in [2.05, 4.69) is 65.6 Å². The van der Waals surface area contributed by atoms with Crippen molar-refractivity contribution in [2.24, 2.45) is 0 Å². The maximum atomic E-state index is 8.43. The van der Waals surface area contributed by atoms with Crippen molar-refractivity contribution in [3.05, 3.63) is 84.6 Å². The van der Waals surface area contributed by atoms with E-state index in [4.69, 9.17) is 6.11 Å². The average molecular weight is 435 g/mol. The smallest absolute Gasteiger partial charge is 0.119 e. The van der Waals surface area contributed by atoms with Gasteiger partial charge in [-0.25, -0.2) is 0 Å². The molecule has 0 spiro atoms. The number of fused-ring (bicyclic) bond motifs is 6. The molecular weight excluding hydrogens is 410 g/mol. The molecule has 0 fully saturated rings. The van der Waals surface area contributed by atoms with Gasteiger partial charge in [0.15, 0.2) is 0 Å². The van der Waals surface area contributed by atoms with Gasteiger partial charge in [-0.1, -0.05) is 50.2 Å². The third-order valence-electron chi connectivity index (χ3n) is 6.26. The maximum absolute atomic E-state index is 8.43. The monoisotopic (exact) mass is 434 g/mol. The molecule has 0 saturated heterocycles. The number of benzene rings is 4. The summed E-state index contributed by atoms with van der Waals surface area (Å²) in [6, 6.07) is 25.7. The number of pyridine rings is 1. The van der Waals surface area contributed by atoms with Crippen molar-refractivity contribution in [2.45, 2.75) is 19.7 Å². The lowest BCUT2D eigenvalue weighted by Gasteiger charge is -2.08. The molecule has 2 aromatic heterocycles. The van der Waals surface area contributed by atoms with E-state index in [1.165, 1.54) is 41.7 Å². The van der Waals surface area contributed by atoms with Crippen molar-refractivity contribution in [1.29, 1.82) is 0 Å². The summed E-state index contributed by atoms with van der Waals surface area (Å²) in [6.07, 6.45) is 1.82. The van der Waals surface area contributed by atoms with Gasteiger partial charge < -0.3 is 4.74 Å². The summed E-state index contributed by atoms with van der Waals surface area (Å²) < 4.78 is 16.4. The van der Waals surface area contributed by atoms with Crippen molar-refractivity contribution in [1.82, 2.24) is 4.98 Å². The first-order chi connectivity index (χ1) is 15.9. The van der Waals surface area contributed by atoms with Crippen molar-refractivity contribution in [3.63, 3.8) is 0 Å². The highest BCUT2D eigenvalue weighted by Crippen LogP contribution is 2.43. The van der Waals surface area contributed by atoms with Gasteiger partial charge in [0.2, 0.25) is 0 Å². The molecule has 156 valence electrons. The van der Waals surface area contributed by atoms with Crippen LogP contribution in [0.3, 0.4) is 0 Å². The molecule has 2 heterocycles. The van der Waals surface area contributed by atoms with Crippen LogP contribution in [0, 0.1) is 0 Å². The van der Waals surface area contributed by atoms with E-state index in [0.29, 0.717) is 0 Å². The van der Waals surface area contributed by atoms with Gasteiger partial charge in [0.05, 0.1) is 12.8 Å². The highest BCUT2D eigenvalue weighted by molar-refractivity contribution is 7.27. The van der Waals surface area contributed by atoms with Crippen LogP contribution in [0.1, 0.15) is 26.7 Å². The van der Waals surface area contributed by atoms with E-state index in [9.17, 15) is 0 Å². The lowest BCUT2D eigenvalue weighted by Crippen LogP contribution is -1.90. The molecular formula is C29H23NOS. The second kappa shape index (κ2) is 7.32. The van der Waals surface area contributed by atoms with E-state index in [1.54, 1.807) is 7.11 Å². The molecule has 0 aliphatic heterocycles. The van der Waals surface area contributed by atoms with Crippen molar-refractivity contribution < 1.29 is 6.11 Å². The van der Waals surface area contributed by atoms with E-state index in [-0.39, 0.29) is 0 Å². The molecule has 0 radical (unpaired) electrons. The normalized spacial score (nSPS) is 12.7. The second-order valence-corrected chi connectivity index (χ2v) is 9.46. The van der Waals surface area contributed by atoms with Gasteiger partial charge in [-0.2, -0.15) is 0 Å². The van der Waals surface area contributed by atoms with E-state index in [1.807, 2.05) is 43.5 Å². The molecule has 0 amide bonds. The lowest BCUT2D eigenvalue weighted by molar-refractivity contribution is 0.415. The second-order valence-electron chi connectivity index (χ2n) is 8.44. The van der Waals surface area contributed by atoms with Crippen LogP contribution in [-0.4, -0.2) is 12.1 Å². The van der Waals surface area contributed by atoms with Gasteiger partial charge in [0, 0.05) is 38.7 Å². The summed E-state index contributed by atoms with van der Waals surface area (Å²) in [4.78, 5) is 4.67. The van der Waals surface area contributed by atoms with Crippen molar-refractivity contribution in [3.8, 4) is 17.0 Å². The van der Waals surface area contributed by atoms with E-state index < -0.39 is 5.89 Å². The number of nitrogens with zero attached hydrogens (tertiary/aromatic N) is 1. The predicted octanol–water partition coefficient (Wildman–Crippen LogP) is 8.55. The van der Waals surface area contributed by atoms with Crippen LogP contribution in [0.4, 0.5) is 0 Å². The zero-order chi connectivity index (χ0) is 22.7. The number of hydrogen-bond acceptors (Lipinski definition) is 3. The minimum atomic E-state index is -0.661. The van der Waals surface area contributed by atoms with E-state index >= 15 is 0 Å². The van der Waals surface area contributed by atoms with Crippen molar-refractivity contribution in [2.75, 3.05) is 7.11 Å². The number of rotatable bonds is 3. The standard InChI is InChI=1S/C29H23NOS/c1-17(2)18-11-12-30-27(16-18)25-6-4-5-23-24-10-8-20-13-21-14-22(31-3)9-7-19(21)15-26(20)29(24)32-28(23)25/h4-17H,1-3H3/i17D. The fourth-order valence-corrected chi connectivity index (χ4v) is 5.87. The lowest BCUT2D eigenvalue weighted by atomic mass is 9.99. The molecule has 0 saturated carbocycles. The Balaban J connectivity index is 1.63. The van der Waals surface area contributed by atoms with Crippen LogP contribution in [0.25, 0.3) is 53.0 Å². The molecule has 6 rings (SSSR count). The third kappa shape index (κ3) is 2.96. The average Bonchev–Trinajstić information content (AvgIpc) is 3.21. The largest absolute Gasteiger partial charge is 0.497 e. The highest BCUT2D eigenvalue weighted by Gasteiger charge is 2.14. The fourth-order valence-electron chi connectivity index (χ4n) is 4.52. The predicted molar refractivity (Wildman–Crippen MR) is 138 cm³/mol. The summed E-state index contributed by atoms with van der Waals surface area (Å²) in [5.41, 5.74) is 3.02. The Hall–Kier alpha value is -3.43. The Kier molecular flexibility index (Phi) is 4.16. The molecule has 0 atom stereocenters. The van der Waals surface area contributed by atoms with Gasteiger partial charge in [-0.05, 0) is 64.0 Å². The van der Waals surface area contributed by atoms with Gasteiger partial charge in [-0.15, -0.1) is 11.3 Å². The molecule has 0 unspecified atom stereocenters. The Morgan fingerprint density at radius 3 is 2.50 bits per heavy atom. The summed E-state index contributed by atoms with van der Waals surface area (Å²) in [5.74, 6) is 0.214. The number of aromatic nitrogens is 1. The van der Waals surface area contributed by atoms with Crippen LogP contribution < -0.4 is 4.74 Å². The molecule has 2 nitrogen and oxygen atoms in total. The summed E-state index contributed by atoms with van der Waals surface area (Å²) in [5, 5.41) is 7.41. The van der Waals surface area contributed by atoms with Gasteiger partial charge >= 0.3 is 0 Å². The van der Waals surface area contributed by atoms with Gasteiger partial charge in [-0.3, -0.25) is 4.98 Å². The Morgan fingerprint density at radius 2 is 1.66 bits per heavy atom. The Morgan fingerprint density at radius 1 is 0.812 bits per heavy atom. The molecule has 0 aliphatic carbocycles. The zero-order valence-corrected chi connectivity index (χ0v) is 19.1. The third-order valence-corrected chi connectivity index (χ3v) is 7.55. The number of ether oxygens (including phenoxy) is 1. The fraction of sp³-hybridized carbons (Fsp3) is 0.138. The van der Waals surface area contributed by atoms with Gasteiger partial charge in [0.1, 0.15) is 5.75 Å². The van der Waals surface area contributed by atoms with Crippen LogP contribution in [0.15, 0.2) is 79.0 Å². The van der Waals surface area contributed by atoms with Crippen LogP contribution in [0.2, 0.25) is 0 Å². The first kappa shape index (κ1) is 18.2. The van der Waals surface area contributed by atoms with Crippen LogP contribution in [-0.2, 0) is 0 Å². The molecule has 0 N–H and O–H groups in total. The van der Waals surface area contributed by atoms with Gasteiger partial charge in [0.25, 0.3) is 0 Å². The summed E-state index contributed by atoms with van der Waals surface area (Å²) >= 11 is 1.83. The quantitative estimate of drug-likeness (QED) is 0.260. The first-order valence-corrected chi connectivity index (χ1v) is 11.6. The molecule has 4 aromatic carbocycles. The first-order valence-electron chi connectivity index (χ1n) is 11.2. The molecule has 32 heavy (non-hydrogen) atoms. The summed E-state index contributed by atoms with van der Waals surface area (Å²) in [6.45, 7) is 3.83. The summed E-state index contributed by atoms with van der Waals surface area (Å²) in [7, 11) is 1.70. The Labute approximate surface area is 192 Å². The number of thiophene rings is 1. The SMILES string of the molecule is [2H]C(C)(C)c1ccnc(-c2cccc3c2sc2c4cc5ccc(OC)cc5cc4ccc32)c1. The molecule has 6 aromatic rings. The zero-order valence-electron chi connectivity index (χ0n) is 19.3. The minimum Gasteiger partial charge on any atom is -0.497 e. The maximum Gasteiger partial charge on any atom is 0.119 e. The molecule has 3 heteroatoms. The minimum absolute atomic E-state index is 0.661. The molecule has 0 aliphatic rings. The van der Waals surface area contributed by atoms with Crippen LogP contribution in [0.5, 0.6) is 5.75 Å². The van der Waals surface area contributed by atoms with Crippen LogP contribution >= 0.6 is 11.3 Å². The number of hydrogen-bond donors (Lipinski definition) is 0. The highest BCUT2D eigenvalue weighted by atomic mass is 32.1. The topological polar surface area (TPSA) is 22.1 Å². The number of methoxy groups -OCH3 is 1. The molecule has 0 bridgehead atoms. The van der Waals surface area contributed by atoms with E-state index in [0.717, 1.165) is 22.6 Å². The van der Waals surface area contributed by atoms with Crippen molar-refractivity contribution >= 4 is 53.1 Å². The Bertz CT molecular complexity index is 1690.